The summed E-state index contributed by atoms with van der Waals surface area (Å²) in [6.45, 7) is 8.80. The Kier molecular flexibility index (Phi) is 6.29. The van der Waals surface area contributed by atoms with E-state index in [1.165, 1.54) is 0 Å². The summed E-state index contributed by atoms with van der Waals surface area (Å²) in [6, 6.07) is 4.80. The SMILES string of the molecule is CCN1C[C@@H](C(=O)Nc2ccc(C(=O)NC(C)(C)CC)c(Cl)c2)CC1=O. The van der Waals surface area contributed by atoms with Crippen molar-refractivity contribution in [3.05, 3.63) is 28.8 Å². The van der Waals surface area contributed by atoms with Gasteiger partial charge in [0.15, 0.2) is 0 Å². The maximum absolute atomic E-state index is 12.4. The van der Waals surface area contributed by atoms with Gasteiger partial charge in [0.1, 0.15) is 0 Å². The fraction of sp³-hybridized carbons (Fsp3) is 0.526. The van der Waals surface area contributed by atoms with E-state index in [0.717, 1.165) is 6.42 Å². The third-order valence-electron chi connectivity index (χ3n) is 4.78. The number of carbonyl (C=O) groups excluding carboxylic acids is 3. The van der Waals surface area contributed by atoms with E-state index in [1.54, 1.807) is 23.1 Å². The highest BCUT2D eigenvalue weighted by Crippen LogP contribution is 2.24. The molecule has 0 aromatic heterocycles. The highest BCUT2D eigenvalue weighted by molar-refractivity contribution is 6.34. The van der Waals surface area contributed by atoms with Crippen LogP contribution < -0.4 is 10.6 Å². The zero-order valence-corrected chi connectivity index (χ0v) is 16.4. The molecule has 0 radical (unpaired) electrons. The first-order valence-corrected chi connectivity index (χ1v) is 9.25. The van der Waals surface area contributed by atoms with Gasteiger partial charge in [-0.1, -0.05) is 18.5 Å². The van der Waals surface area contributed by atoms with Crippen LogP contribution in [0.4, 0.5) is 5.69 Å². The molecule has 1 aromatic rings. The van der Waals surface area contributed by atoms with Crippen molar-refractivity contribution in [3.8, 4) is 0 Å². The molecule has 0 spiro atoms. The van der Waals surface area contributed by atoms with Crippen molar-refractivity contribution < 1.29 is 14.4 Å². The number of benzene rings is 1. The normalized spacial score (nSPS) is 17.3. The van der Waals surface area contributed by atoms with Crippen LogP contribution in [-0.2, 0) is 9.59 Å². The van der Waals surface area contributed by atoms with Crippen LogP contribution in [0, 0.1) is 5.92 Å². The Morgan fingerprint density at radius 1 is 1.31 bits per heavy atom. The van der Waals surface area contributed by atoms with E-state index in [2.05, 4.69) is 10.6 Å². The van der Waals surface area contributed by atoms with Crippen LogP contribution in [0.25, 0.3) is 0 Å². The number of halogens is 1. The van der Waals surface area contributed by atoms with Gasteiger partial charge in [-0.2, -0.15) is 0 Å². The van der Waals surface area contributed by atoms with E-state index >= 15 is 0 Å². The van der Waals surface area contributed by atoms with Crippen LogP contribution in [-0.4, -0.2) is 41.2 Å². The second kappa shape index (κ2) is 8.08. The van der Waals surface area contributed by atoms with Gasteiger partial charge in [0.05, 0.1) is 16.5 Å². The molecule has 2 N–H and O–H groups in total. The zero-order chi connectivity index (χ0) is 19.5. The molecule has 7 heteroatoms. The van der Waals surface area contributed by atoms with Crippen LogP contribution in [0.5, 0.6) is 0 Å². The van der Waals surface area contributed by atoms with E-state index in [-0.39, 0.29) is 40.6 Å². The summed E-state index contributed by atoms with van der Waals surface area (Å²) in [7, 11) is 0. The van der Waals surface area contributed by atoms with Crippen molar-refractivity contribution in [2.24, 2.45) is 5.92 Å². The van der Waals surface area contributed by atoms with Crippen LogP contribution in [0.1, 0.15) is 50.9 Å². The second-order valence-electron chi connectivity index (χ2n) is 7.21. The van der Waals surface area contributed by atoms with Gasteiger partial charge >= 0.3 is 0 Å². The first kappa shape index (κ1) is 20.2. The number of nitrogens with one attached hydrogen (secondary N) is 2. The molecule has 0 unspecified atom stereocenters. The topological polar surface area (TPSA) is 78.5 Å². The van der Waals surface area contributed by atoms with E-state index in [9.17, 15) is 14.4 Å². The molecule has 6 nitrogen and oxygen atoms in total. The first-order chi connectivity index (χ1) is 12.2. The predicted octanol–water partition coefficient (Wildman–Crippen LogP) is 3.07. The molecule has 1 saturated heterocycles. The molecule has 26 heavy (non-hydrogen) atoms. The number of hydrogen-bond donors (Lipinski definition) is 2. The van der Waals surface area contributed by atoms with E-state index in [0.29, 0.717) is 24.3 Å². The van der Waals surface area contributed by atoms with Gasteiger partial charge in [-0.05, 0) is 45.4 Å². The smallest absolute Gasteiger partial charge is 0.253 e. The third-order valence-corrected chi connectivity index (χ3v) is 5.10. The van der Waals surface area contributed by atoms with Crippen molar-refractivity contribution in [2.45, 2.75) is 46.1 Å². The average molecular weight is 380 g/mol. The summed E-state index contributed by atoms with van der Waals surface area (Å²) in [6.07, 6.45) is 1.01. The first-order valence-electron chi connectivity index (χ1n) is 8.87. The van der Waals surface area contributed by atoms with Gasteiger partial charge in [-0.25, -0.2) is 0 Å². The minimum Gasteiger partial charge on any atom is -0.347 e. The fourth-order valence-corrected chi connectivity index (χ4v) is 3.00. The van der Waals surface area contributed by atoms with Crippen LogP contribution in [0.2, 0.25) is 5.02 Å². The van der Waals surface area contributed by atoms with Gasteiger partial charge in [-0.15, -0.1) is 0 Å². The summed E-state index contributed by atoms with van der Waals surface area (Å²) >= 11 is 6.23. The van der Waals surface area contributed by atoms with E-state index in [4.69, 9.17) is 11.6 Å². The highest BCUT2D eigenvalue weighted by Gasteiger charge is 2.33. The van der Waals surface area contributed by atoms with Gasteiger partial charge < -0.3 is 15.5 Å². The number of likely N-dealkylation sites (tertiary alicyclic amines) is 1. The molecule has 0 saturated carbocycles. The van der Waals surface area contributed by atoms with Crippen LogP contribution >= 0.6 is 11.6 Å². The second-order valence-corrected chi connectivity index (χ2v) is 7.62. The Morgan fingerprint density at radius 2 is 2.00 bits per heavy atom. The fourth-order valence-electron chi connectivity index (χ4n) is 2.74. The number of anilines is 1. The van der Waals surface area contributed by atoms with Crippen molar-refractivity contribution in [2.75, 3.05) is 18.4 Å². The lowest BCUT2D eigenvalue weighted by Crippen LogP contribution is -2.42. The van der Waals surface area contributed by atoms with Gasteiger partial charge in [0.25, 0.3) is 5.91 Å². The highest BCUT2D eigenvalue weighted by atomic mass is 35.5. The molecule has 1 heterocycles. The maximum Gasteiger partial charge on any atom is 0.253 e. The number of amides is 3. The Labute approximate surface area is 159 Å². The number of hydrogen-bond acceptors (Lipinski definition) is 3. The minimum absolute atomic E-state index is 0.00348. The van der Waals surface area contributed by atoms with Crippen LogP contribution in [0.15, 0.2) is 18.2 Å². The average Bonchev–Trinajstić information content (AvgIpc) is 2.95. The molecule has 0 bridgehead atoms. The molecule has 142 valence electrons. The molecule has 1 aliphatic heterocycles. The molecule has 3 amide bonds. The number of rotatable bonds is 6. The molecule has 1 fully saturated rings. The Bertz CT molecular complexity index is 718. The predicted molar refractivity (Wildman–Crippen MR) is 102 cm³/mol. The lowest BCUT2D eigenvalue weighted by Gasteiger charge is -2.24. The van der Waals surface area contributed by atoms with Crippen molar-refractivity contribution in [1.82, 2.24) is 10.2 Å². The molecular weight excluding hydrogens is 354 g/mol. The van der Waals surface area contributed by atoms with Crippen molar-refractivity contribution in [1.29, 1.82) is 0 Å². The Hall–Kier alpha value is -2.08. The quantitative estimate of drug-likeness (QED) is 0.797. The van der Waals surface area contributed by atoms with E-state index < -0.39 is 0 Å². The standard InChI is InChI=1S/C19H26ClN3O3/c1-5-19(3,4)22-18(26)14-8-7-13(10-15(14)20)21-17(25)12-9-16(24)23(6-2)11-12/h7-8,10,12H,5-6,9,11H2,1-4H3,(H,21,25)(H,22,26)/t12-/m0/s1. The Morgan fingerprint density at radius 3 is 2.54 bits per heavy atom. The molecular formula is C19H26ClN3O3. The molecule has 1 aliphatic rings. The summed E-state index contributed by atoms with van der Waals surface area (Å²) < 4.78 is 0. The number of nitrogens with zero attached hydrogens (tertiary/aromatic N) is 1. The minimum atomic E-state index is -0.366. The lowest BCUT2D eigenvalue weighted by atomic mass is 10.0. The molecule has 1 aromatic carbocycles. The summed E-state index contributed by atoms with van der Waals surface area (Å²) in [5.74, 6) is -0.833. The lowest BCUT2D eigenvalue weighted by molar-refractivity contribution is -0.128. The van der Waals surface area contributed by atoms with Crippen LogP contribution in [0.3, 0.4) is 0 Å². The van der Waals surface area contributed by atoms with Crippen molar-refractivity contribution in [3.63, 3.8) is 0 Å². The molecule has 1 atom stereocenters. The van der Waals surface area contributed by atoms with Gasteiger partial charge in [-0.3, -0.25) is 14.4 Å². The van der Waals surface area contributed by atoms with E-state index in [1.807, 2.05) is 27.7 Å². The molecule has 2 rings (SSSR count). The maximum atomic E-state index is 12.4. The van der Waals surface area contributed by atoms with Gasteiger partial charge in [0, 0.05) is 30.7 Å². The summed E-state index contributed by atoms with van der Waals surface area (Å²) in [4.78, 5) is 38.2. The van der Waals surface area contributed by atoms with Gasteiger partial charge in [0.2, 0.25) is 11.8 Å². The Balaban J connectivity index is 2.04. The van der Waals surface area contributed by atoms with Crippen molar-refractivity contribution >= 4 is 35.0 Å². The molecule has 0 aliphatic carbocycles. The number of carbonyl (C=O) groups is 3. The summed E-state index contributed by atoms with van der Waals surface area (Å²) in [5, 5.41) is 5.98. The summed E-state index contributed by atoms with van der Waals surface area (Å²) in [5.41, 5.74) is 0.543. The largest absolute Gasteiger partial charge is 0.347 e. The third kappa shape index (κ3) is 4.75. The zero-order valence-electron chi connectivity index (χ0n) is 15.7. The monoisotopic (exact) mass is 379 g/mol.